The van der Waals surface area contributed by atoms with Crippen LogP contribution < -0.4 is 0 Å². The molecule has 1 aromatic carbocycles. The standard InChI is InChI=1S/C25H29NO13/c1-13(27)34-12-19-20(36-14(2)28)21(37-15(3)29)22(38-16(4)30)25(39-19)33-10-7-11-35-26-23(31)17-8-5-6-9-18(17)24(26)32/h5-6,8-9,19-22,25H,7,10-12H2,1-4H3/t19-,20-,21+,22+,25+/m1/s1. The van der Waals surface area contributed by atoms with Crippen molar-refractivity contribution in [2.75, 3.05) is 19.8 Å². The molecule has 1 saturated heterocycles. The van der Waals surface area contributed by atoms with Gasteiger partial charge in [-0.1, -0.05) is 12.1 Å². The average Bonchev–Trinajstić information content (AvgIpc) is 3.10. The molecule has 1 aromatic rings. The second-order valence-electron chi connectivity index (χ2n) is 8.58. The maximum absolute atomic E-state index is 12.4. The van der Waals surface area contributed by atoms with Crippen LogP contribution in [0.3, 0.4) is 0 Å². The van der Waals surface area contributed by atoms with Crippen LogP contribution in [0.5, 0.6) is 0 Å². The van der Waals surface area contributed by atoms with Gasteiger partial charge in [-0.3, -0.25) is 33.6 Å². The number of amides is 2. The highest BCUT2D eigenvalue weighted by Gasteiger charge is 2.52. The summed E-state index contributed by atoms with van der Waals surface area (Å²) >= 11 is 0. The number of benzene rings is 1. The quantitative estimate of drug-likeness (QED) is 0.163. The second-order valence-corrected chi connectivity index (χ2v) is 8.58. The molecule has 0 unspecified atom stereocenters. The SMILES string of the molecule is CC(=O)OC[C@H]1O[C@H](OCCCON2C(=O)c3ccccc3C2=O)[C@@H](OC(C)=O)[C@@H](OC(C)=O)[C@@H]1OC(C)=O. The van der Waals surface area contributed by atoms with Crippen LogP contribution in [-0.4, -0.2) is 91.3 Å². The van der Waals surface area contributed by atoms with E-state index in [1.54, 1.807) is 12.1 Å². The maximum atomic E-state index is 12.4. The highest BCUT2D eigenvalue weighted by Crippen LogP contribution is 2.30. The third-order valence-corrected chi connectivity index (χ3v) is 5.50. The minimum atomic E-state index is -1.36. The first-order valence-corrected chi connectivity index (χ1v) is 12.0. The van der Waals surface area contributed by atoms with Crippen molar-refractivity contribution < 1.29 is 62.0 Å². The number of nitrogens with zero attached hydrogens (tertiary/aromatic N) is 1. The van der Waals surface area contributed by atoms with Crippen LogP contribution in [0, 0.1) is 0 Å². The fraction of sp³-hybridized carbons (Fsp3) is 0.520. The van der Waals surface area contributed by atoms with Gasteiger partial charge in [0, 0.05) is 27.7 Å². The van der Waals surface area contributed by atoms with E-state index >= 15 is 0 Å². The number of fused-ring (bicyclic) bond motifs is 1. The zero-order valence-corrected chi connectivity index (χ0v) is 21.8. The van der Waals surface area contributed by atoms with Crippen LogP contribution in [0.4, 0.5) is 0 Å². The van der Waals surface area contributed by atoms with E-state index in [9.17, 15) is 28.8 Å². The smallest absolute Gasteiger partial charge is 0.303 e. The summed E-state index contributed by atoms with van der Waals surface area (Å²) < 4.78 is 32.5. The van der Waals surface area contributed by atoms with Crippen molar-refractivity contribution in [2.24, 2.45) is 0 Å². The van der Waals surface area contributed by atoms with E-state index < -0.39 is 66.4 Å². The lowest BCUT2D eigenvalue weighted by Gasteiger charge is -2.44. The maximum Gasteiger partial charge on any atom is 0.303 e. The molecule has 212 valence electrons. The first kappa shape index (κ1) is 29.7. The summed E-state index contributed by atoms with van der Waals surface area (Å²) in [7, 11) is 0. The Balaban J connectivity index is 1.68. The summed E-state index contributed by atoms with van der Waals surface area (Å²) in [5.74, 6) is -4.10. The summed E-state index contributed by atoms with van der Waals surface area (Å²) in [6.45, 7) is 3.93. The Kier molecular flexibility index (Phi) is 10.1. The van der Waals surface area contributed by atoms with Crippen molar-refractivity contribution in [1.29, 1.82) is 0 Å². The molecule has 0 aliphatic carbocycles. The molecule has 39 heavy (non-hydrogen) atoms. The number of esters is 4. The van der Waals surface area contributed by atoms with Crippen LogP contribution in [-0.2, 0) is 52.4 Å². The van der Waals surface area contributed by atoms with Crippen molar-refractivity contribution in [3.8, 4) is 0 Å². The molecule has 0 aromatic heterocycles. The third-order valence-electron chi connectivity index (χ3n) is 5.50. The highest BCUT2D eigenvalue weighted by molar-refractivity contribution is 6.20. The van der Waals surface area contributed by atoms with E-state index in [1.165, 1.54) is 12.1 Å². The molecule has 0 N–H and O–H groups in total. The number of ether oxygens (including phenoxy) is 6. The zero-order chi connectivity index (χ0) is 28.7. The minimum absolute atomic E-state index is 0.0864. The number of rotatable bonds is 11. The summed E-state index contributed by atoms with van der Waals surface area (Å²) in [6, 6.07) is 6.31. The molecule has 0 spiro atoms. The Hall–Kier alpha value is -3.88. The Bertz CT molecular complexity index is 1080. The number of imide groups is 1. The van der Waals surface area contributed by atoms with Crippen molar-refractivity contribution in [1.82, 2.24) is 5.06 Å². The molecular formula is C25H29NO13. The van der Waals surface area contributed by atoms with Crippen LogP contribution in [0.15, 0.2) is 24.3 Å². The molecule has 2 amide bonds. The van der Waals surface area contributed by atoms with Crippen molar-refractivity contribution in [3.05, 3.63) is 35.4 Å². The Morgan fingerprint density at radius 2 is 1.31 bits per heavy atom. The predicted octanol–water partition coefficient (Wildman–Crippen LogP) is 0.704. The highest BCUT2D eigenvalue weighted by atomic mass is 16.7. The second kappa shape index (κ2) is 13.3. The van der Waals surface area contributed by atoms with Gasteiger partial charge in [0.15, 0.2) is 24.6 Å². The van der Waals surface area contributed by atoms with Crippen LogP contribution in [0.25, 0.3) is 0 Å². The largest absolute Gasteiger partial charge is 0.463 e. The van der Waals surface area contributed by atoms with E-state index in [0.29, 0.717) is 5.06 Å². The van der Waals surface area contributed by atoms with E-state index in [2.05, 4.69) is 0 Å². The molecule has 5 atom stereocenters. The zero-order valence-electron chi connectivity index (χ0n) is 21.8. The predicted molar refractivity (Wildman–Crippen MR) is 125 cm³/mol. The first-order chi connectivity index (χ1) is 18.5. The molecule has 2 aliphatic rings. The minimum Gasteiger partial charge on any atom is -0.463 e. The Morgan fingerprint density at radius 3 is 1.85 bits per heavy atom. The van der Waals surface area contributed by atoms with Crippen LogP contribution in [0.2, 0.25) is 0 Å². The summed E-state index contributed by atoms with van der Waals surface area (Å²) in [6.07, 6.45) is -6.35. The Morgan fingerprint density at radius 1 is 0.769 bits per heavy atom. The Labute approximate surface area is 223 Å². The molecule has 1 fully saturated rings. The van der Waals surface area contributed by atoms with Crippen molar-refractivity contribution in [3.63, 3.8) is 0 Å². The molecule has 14 nitrogen and oxygen atoms in total. The molecule has 2 aliphatic heterocycles. The molecule has 14 heteroatoms. The molecule has 0 radical (unpaired) electrons. The number of hydrogen-bond acceptors (Lipinski definition) is 13. The fourth-order valence-corrected chi connectivity index (χ4v) is 4.02. The summed E-state index contributed by atoms with van der Waals surface area (Å²) in [4.78, 5) is 77.1. The molecule has 2 heterocycles. The van der Waals surface area contributed by atoms with E-state index in [4.69, 9.17) is 33.3 Å². The van der Waals surface area contributed by atoms with Crippen LogP contribution >= 0.6 is 0 Å². The van der Waals surface area contributed by atoms with E-state index in [-0.39, 0.29) is 37.4 Å². The van der Waals surface area contributed by atoms with Gasteiger partial charge < -0.3 is 28.4 Å². The van der Waals surface area contributed by atoms with Gasteiger partial charge in [0.2, 0.25) is 0 Å². The van der Waals surface area contributed by atoms with E-state index in [0.717, 1.165) is 27.7 Å². The van der Waals surface area contributed by atoms with Crippen molar-refractivity contribution in [2.45, 2.75) is 64.8 Å². The van der Waals surface area contributed by atoms with Gasteiger partial charge in [0.25, 0.3) is 11.8 Å². The lowest BCUT2D eigenvalue weighted by atomic mass is 9.98. The topological polar surface area (TPSA) is 170 Å². The van der Waals surface area contributed by atoms with Gasteiger partial charge in [-0.25, -0.2) is 0 Å². The molecule has 0 bridgehead atoms. The molecule has 0 saturated carbocycles. The monoisotopic (exact) mass is 551 g/mol. The summed E-state index contributed by atoms with van der Waals surface area (Å²) in [5.41, 5.74) is 0.465. The van der Waals surface area contributed by atoms with Gasteiger partial charge >= 0.3 is 23.9 Å². The first-order valence-electron chi connectivity index (χ1n) is 12.0. The lowest BCUT2D eigenvalue weighted by molar-refractivity contribution is -0.308. The molecule has 3 rings (SSSR count). The van der Waals surface area contributed by atoms with Crippen molar-refractivity contribution >= 4 is 35.7 Å². The van der Waals surface area contributed by atoms with Gasteiger partial charge in [0.05, 0.1) is 24.3 Å². The van der Waals surface area contributed by atoms with Gasteiger partial charge in [-0.15, -0.1) is 5.06 Å². The number of hydrogen-bond donors (Lipinski definition) is 0. The normalized spacial score (nSPS) is 24.1. The summed E-state index contributed by atoms with van der Waals surface area (Å²) in [5, 5.41) is 0.666. The number of carbonyl (C=O) groups is 6. The molecular weight excluding hydrogens is 522 g/mol. The van der Waals surface area contributed by atoms with Gasteiger partial charge in [0.1, 0.15) is 12.7 Å². The van der Waals surface area contributed by atoms with Gasteiger partial charge in [-0.05, 0) is 18.6 Å². The number of hydroxylamine groups is 2. The fourth-order valence-electron chi connectivity index (χ4n) is 4.02. The third kappa shape index (κ3) is 7.59. The average molecular weight is 552 g/mol. The van der Waals surface area contributed by atoms with Crippen LogP contribution in [0.1, 0.15) is 54.8 Å². The number of carbonyl (C=O) groups excluding carboxylic acids is 6. The van der Waals surface area contributed by atoms with Gasteiger partial charge in [-0.2, -0.15) is 0 Å². The van der Waals surface area contributed by atoms with E-state index in [1.807, 2.05) is 0 Å². The lowest BCUT2D eigenvalue weighted by Crippen LogP contribution is -2.63.